The molecule has 1 saturated carbocycles. The highest BCUT2D eigenvalue weighted by Gasteiger charge is 2.48. The third-order valence-electron chi connectivity index (χ3n) is 8.01. The van der Waals surface area contributed by atoms with Crippen molar-refractivity contribution in [3.63, 3.8) is 0 Å². The van der Waals surface area contributed by atoms with Crippen molar-refractivity contribution < 1.29 is 28.3 Å². The smallest absolute Gasteiger partial charge is 0.324 e. The number of Topliss-reactive ketones (excluding diaryl/α,β-unsaturated/α-hetero) is 2. The molecule has 1 N–H and O–H groups in total. The van der Waals surface area contributed by atoms with Gasteiger partial charge in [0.25, 0.3) is 5.91 Å². The van der Waals surface area contributed by atoms with E-state index < -0.39 is 23.3 Å². The number of rotatable bonds is 4. The van der Waals surface area contributed by atoms with E-state index in [4.69, 9.17) is 4.74 Å². The minimum atomic E-state index is -0.917. The average molecular weight is 544 g/mol. The lowest BCUT2D eigenvalue weighted by molar-refractivity contribution is -0.138. The zero-order chi connectivity index (χ0) is 28.4. The molecule has 2 fully saturated rings. The number of imide groups is 1. The number of amides is 3. The van der Waals surface area contributed by atoms with Crippen LogP contribution in [0.4, 0.5) is 9.18 Å². The third-order valence-corrected chi connectivity index (χ3v) is 8.01. The first kappa shape index (κ1) is 27.2. The number of benzene rings is 2. The van der Waals surface area contributed by atoms with Gasteiger partial charge in [-0.1, -0.05) is 24.3 Å². The Morgan fingerprint density at radius 3 is 2.27 bits per heavy atom. The predicted molar refractivity (Wildman–Crippen MR) is 145 cm³/mol. The minimum absolute atomic E-state index is 0.148. The summed E-state index contributed by atoms with van der Waals surface area (Å²) in [6, 6.07) is 14.1. The first-order valence-corrected chi connectivity index (χ1v) is 13.2. The highest BCUT2D eigenvalue weighted by Crippen LogP contribution is 2.48. The van der Waals surface area contributed by atoms with Crippen LogP contribution in [0.25, 0.3) is 11.1 Å². The number of hydrogen-bond acceptors (Lipinski definition) is 6. The zero-order valence-corrected chi connectivity index (χ0v) is 22.4. The van der Waals surface area contributed by atoms with E-state index in [0.29, 0.717) is 37.2 Å². The molecule has 8 nitrogen and oxygen atoms in total. The maximum atomic E-state index is 13.5. The Balaban J connectivity index is 1.28. The first-order valence-electron chi connectivity index (χ1n) is 13.2. The molecule has 1 saturated heterocycles. The monoisotopic (exact) mass is 543 g/mol. The number of halogens is 1. The van der Waals surface area contributed by atoms with Gasteiger partial charge in [0.1, 0.15) is 34.7 Å². The summed E-state index contributed by atoms with van der Waals surface area (Å²) in [7, 11) is 1.51. The van der Waals surface area contributed by atoms with Gasteiger partial charge in [0.2, 0.25) is 0 Å². The number of methoxy groups -OCH3 is 1. The van der Waals surface area contributed by atoms with Crippen molar-refractivity contribution in [1.29, 1.82) is 0 Å². The van der Waals surface area contributed by atoms with E-state index in [2.05, 4.69) is 10.3 Å². The summed E-state index contributed by atoms with van der Waals surface area (Å²) in [5.74, 6) is -1.69. The van der Waals surface area contributed by atoms with Crippen molar-refractivity contribution in [2.45, 2.75) is 38.5 Å². The van der Waals surface area contributed by atoms with Crippen molar-refractivity contribution in [1.82, 2.24) is 15.2 Å². The van der Waals surface area contributed by atoms with Crippen LogP contribution in [0.3, 0.4) is 0 Å². The summed E-state index contributed by atoms with van der Waals surface area (Å²) in [6.45, 7) is 2.52. The topological polar surface area (TPSA) is 106 Å². The number of pyridine rings is 1. The molecule has 0 atom stereocenters. The van der Waals surface area contributed by atoms with E-state index in [1.165, 1.54) is 36.4 Å². The fourth-order valence-corrected chi connectivity index (χ4v) is 5.90. The maximum Gasteiger partial charge on any atom is 0.324 e. The van der Waals surface area contributed by atoms with Crippen molar-refractivity contribution in [2.24, 2.45) is 5.41 Å². The molecule has 0 unspecified atom stereocenters. The number of ketones is 2. The minimum Gasteiger partial charge on any atom is -0.496 e. The third kappa shape index (κ3) is 5.36. The van der Waals surface area contributed by atoms with Crippen LogP contribution in [0.5, 0.6) is 5.75 Å². The number of piperidine rings is 1. The predicted octanol–water partition coefficient (Wildman–Crippen LogP) is 4.85. The number of aromatic nitrogens is 1. The van der Waals surface area contributed by atoms with E-state index >= 15 is 0 Å². The number of ether oxygens (including phenoxy) is 1. The zero-order valence-electron chi connectivity index (χ0n) is 22.4. The average Bonchev–Trinajstić information content (AvgIpc) is 2.94. The lowest BCUT2D eigenvalue weighted by atomic mass is 9.63. The van der Waals surface area contributed by atoms with Gasteiger partial charge in [-0.2, -0.15) is 0 Å². The Bertz CT molecular complexity index is 1440. The van der Waals surface area contributed by atoms with Gasteiger partial charge in [-0.3, -0.25) is 24.7 Å². The number of hydrogen-bond donors (Lipinski definition) is 1. The molecule has 5 rings (SSSR count). The quantitative estimate of drug-likeness (QED) is 0.472. The second-order valence-electron chi connectivity index (χ2n) is 10.6. The van der Waals surface area contributed by atoms with Gasteiger partial charge in [-0.25, -0.2) is 9.18 Å². The molecule has 0 radical (unpaired) electrons. The Kier molecular flexibility index (Phi) is 7.47. The molecule has 3 amide bonds. The van der Waals surface area contributed by atoms with Gasteiger partial charge in [-0.05, 0) is 72.2 Å². The summed E-state index contributed by atoms with van der Waals surface area (Å²) < 4.78 is 19.0. The second-order valence-corrected chi connectivity index (χ2v) is 10.6. The van der Waals surface area contributed by atoms with Gasteiger partial charge >= 0.3 is 6.03 Å². The van der Waals surface area contributed by atoms with Crippen LogP contribution in [0.15, 0.2) is 60.8 Å². The summed E-state index contributed by atoms with van der Waals surface area (Å²) in [5.41, 5.74) is 2.56. The van der Waals surface area contributed by atoms with E-state index in [0.717, 1.165) is 16.7 Å². The molecule has 40 heavy (non-hydrogen) atoms. The van der Waals surface area contributed by atoms with Crippen molar-refractivity contribution in [2.75, 3.05) is 20.2 Å². The van der Waals surface area contributed by atoms with E-state index in [-0.39, 0.29) is 35.9 Å². The van der Waals surface area contributed by atoms with E-state index in [1.807, 2.05) is 13.0 Å². The number of nitrogens with zero attached hydrogens (tertiary/aromatic N) is 2. The van der Waals surface area contributed by atoms with Crippen LogP contribution >= 0.6 is 0 Å². The summed E-state index contributed by atoms with van der Waals surface area (Å²) >= 11 is 0. The Morgan fingerprint density at radius 1 is 1.00 bits per heavy atom. The van der Waals surface area contributed by atoms with Gasteiger partial charge in [0.15, 0.2) is 0 Å². The molecular weight excluding hydrogens is 513 g/mol. The van der Waals surface area contributed by atoms with E-state index in [1.54, 1.807) is 30.3 Å². The maximum absolute atomic E-state index is 13.5. The van der Waals surface area contributed by atoms with Crippen molar-refractivity contribution in [3.05, 3.63) is 83.4 Å². The molecule has 2 heterocycles. The lowest BCUT2D eigenvalue weighted by Crippen LogP contribution is -2.51. The van der Waals surface area contributed by atoms with Crippen LogP contribution in [0, 0.1) is 18.2 Å². The van der Waals surface area contributed by atoms with Gasteiger partial charge < -0.3 is 9.64 Å². The SMILES string of the molecule is COc1cc(-c2ccc(F)cc2)cc(C)c1C1C(=O)CC2(CCN(C(=O)NC(=O)c3ccccn3)CC2)CC1=O. The second kappa shape index (κ2) is 11.0. The molecule has 206 valence electrons. The molecule has 2 aliphatic rings. The molecule has 9 heteroatoms. The standard InChI is InChI=1S/C31H30FN3O5/c1-19-15-21(20-6-8-22(32)9-7-20)16-26(40-2)27(19)28-24(36)17-31(18-25(28)37)10-13-35(14-11-31)30(39)34-29(38)23-5-3-4-12-33-23/h3-9,12,15-16,28H,10-11,13-14,17-18H2,1-2H3,(H,34,38,39). The molecule has 1 spiro atoms. The molecule has 1 aliphatic carbocycles. The Hall–Kier alpha value is -4.40. The fraction of sp³-hybridized carbons (Fsp3) is 0.323. The number of nitrogens with one attached hydrogen (secondary N) is 1. The molecular formula is C31H30FN3O5. The largest absolute Gasteiger partial charge is 0.496 e. The lowest BCUT2D eigenvalue weighted by Gasteiger charge is -2.44. The molecule has 3 aromatic rings. The summed E-state index contributed by atoms with van der Waals surface area (Å²) in [5, 5.41) is 2.36. The summed E-state index contributed by atoms with van der Waals surface area (Å²) in [4.78, 5) is 57.6. The van der Waals surface area contributed by atoms with Crippen molar-refractivity contribution >= 4 is 23.5 Å². The number of carbonyl (C=O) groups excluding carboxylic acids is 4. The highest BCUT2D eigenvalue weighted by molar-refractivity contribution is 6.11. The molecule has 1 aliphatic heterocycles. The Labute approximate surface area is 231 Å². The van der Waals surface area contributed by atoms with Gasteiger partial charge in [-0.15, -0.1) is 0 Å². The number of urea groups is 1. The Morgan fingerprint density at radius 2 is 1.68 bits per heavy atom. The fourth-order valence-electron chi connectivity index (χ4n) is 5.90. The molecule has 1 aromatic heterocycles. The number of carbonyl (C=O) groups is 4. The normalized spacial score (nSPS) is 17.1. The highest BCUT2D eigenvalue weighted by atomic mass is 19.1. The molecule has 2 aromatic carbocycles. The van der Waals surface area contributed by atoms with Crippen LogP contribution < -0.4 is 10.1 Å². The van der Waals surface area contributed by atoms with Gasteiger partial charge in [0.05, 0.1) is 7.11 Å². The summed E-state index contributed by atoms with van der Waals surface area (Å²) in [6.07, 6.45) is 2.91. The number of aryl methyl sites for hydroxylation is 1. The van der Waals surface area contributed by atoms with Crippen LogP contribution in [-0.2, 0) is 9.59 Å². The number of likely N-dealkylation sites (tertiary alicyclic amines) is 1. The molecule has 0 bridgehead atoms. The van der Waals surface area contributed by atoms with Crippen LogP contribution in [0.1, 0.15) is 53.2 Å². The van der Waals surface area contributed by atoms with Crippen LogP contribution in [0.2, 0.25) is 0 Å². The van der Waals surface area contributed by atoms with Gasteiger partial charge in [0, 0.05) is 37.7 Å². The van der Waals surface area contributed by atoms with Crippen molar-refractivity contribution in [3.8, 4) is 16.9 Å². The van der Waals surface area contributed by atoms with E-state index in [9.17, 15) is 23.6 Å². The van der Waals surface area contributed by atoms with Crippen LogP contribution in [-0.4, -0.2) is 53.6 Å². The first-order chi connectivity index (χ1) is 19.2.